The summed E-state index contributed by atoms with van der Waals surface area (Å²) in [5.74, 6) is -3.87. The maximum Gasteiger partial charge on any atom is 0.253 e. The third-order valence-electron chi connectivity index (χ3n) is 9.76. The van der Waals surface area contributed by atoms with E-state index < -0.39 is 59.4 Å². The molecule has 0 radical (unpaired) electrons. The number of nitrogens with two attached hydrogens (primary N) is 1. The van der Waals surface area contributed by atoms with Crippen LogP contribution in [0.3, 0.4) is 0 Å². The van der Waals surface area contributed by atoms with E-state index in [0.29, 0.717) is 36.9 Å². The summed E-state index contributed by atoms with van der Waals surface area (Å²) in [5.41, 5.74) is 7.55. The third-order valence-corrected chi connectivity index (χ3v) is 9.76. The zero-order valence-corrected chi connectivity index (χ0v) is 30.6. The first-order valence-electron chi connectivity index (χ1n) is 18.0. The van der Waals surface area contributed by atoms with Crippen molar-refractivity contribution in [2.75, 3.05) is 26.2 Å². The fourth-order valence-corrected chi connectivity index (χ4v) is 7.06. The number of rotatable bonds is 15. The van der Waals surface area contributed by atoms with Gasteiger partial charge < -0.3 is 26.4 Å². The van der Waals surface area contributed by atoms with Crippen LogP contribution < -0.4 is 16.4 Å². The minimum atomic E-state index is -1.04. The smallest absolute Gasteiger partial charge is 0.253 e. The SMILES string of the molecule is CC(C)(C)[C@H](c1nn(-c2cc(F)ccc2F)cc1Cc1ccccc1)N(CC[C@H](N)C(=O)N[C@@H]1CC[C@H](C(=O)NCCN2C(=O)C=CC2=O)C1)C(=O)CO. The number of imide groups is 1. The van der Waals surface area contributed by atoms with Crippen LogP contribution in [0.2, 0.25) is 0 Å². The van der Waals surface area contributed by atoms with E-state index in [2.05, 4.69) is 10.6 Å². The summed E-state index contributed by atoms with van der Waals surface area (Å²) in [5, 5.41) is 20.5. The number of aliphatic hydroxyl groups is 1. The lowest BCUT2D eigenvalue weighted by atomic mass is 9.81. The van der Waals surface area contributed by atoms with Gasteiger partial charge in [-0.2, -0.15) is 5.10 Å². The van der Waals surface area contributed by atoms with Crippen molar-refractivity contribution in [3.05, 3.63) is 95.3 Å². The van der Waals surface area contributed by atoms with Crippen molar-refractivity contribution in [2.45, 2.75) is 71.0 Å². The maximum absolute atomic E-state index is 15.0. The van der Waals surface area contributed by atoms with Gasteiger partial charge in [-0.3, -0.25) is 28.9 Å². The number of aliphatic hydroxyl groups excluding tert-OH is 1. The van der Waals surface area contributed by atoms with E-state index in [1.165, 1.54) is 21.7 Å². The summed E-state index contributed by atoms with van der Waals surface area (Å²) in [6.07, 6.45) is 5.82. The lowest BCUT2D eigenvalue weighted by molar-refractivity contribution is -0.140. The molecule has 0 spiro atoms. The molecular formula is C39H47F2N7O6. The average Bonchev–Trinajstić information content (AvgIpc) is 3.86. The number of hydrogen-bond donors (Lipinski definition) is 4. The molecule has 1 aliphatic heterocycles. The quantitative estimate of drug-likeness (QED) is 0.171. The Morgan fingerprint density at radius 3 is 2.43 bits per heavy atom. The Morgan fingerprint density at radius 2 is 1.76 bits per heavy atom. The van der Waals surface area contributed by atoms with Crippen molar-refractivity contribution in [3.8, 4) is 5.69 Å². The predicted octanol–water partition coefficient (Wildman–Crippen LogP) is 2.69. The average molecular weight is 748 g/mol. The molecule has 2 aromatic carbocycles. The van der Waals surface area contributed by atoms with Crippen LogP contribution in [-0.2, 0) is 30.4 Å². The van der Waals surface area contributed by atoms with Gasteiger partial charge in [0.2, 0.25) is 17.7 Å². The summed E-state index contributed by atoms with van der Waals surface area (Å²) in [7, 11) is 0. The molecule has 2 heterocycles. The minimum Gasteiger partial charge on any atom is -0.387 e. The van der Waals surface area contributed by atoms with Gasteiger partial charge in [-0.1, -0.05) is 51.1 Å². The van der Waals surface area contributed by atoms with Crippen LogP contribution in [0.1, 0.15) is 69.3 Å². The molecule has 1 saturated carbocycles. The Labute approximate surface area is 312 Å². The normalized spacial score (nSPS) is 18.2. The molecule has 54 heavy (non-hydrogen) atoms. The molecule has 13 nitrogen and oxygen atoms in total. The van der Waals surface area contributed by atoms with E-state index in [1.807, 2.05) is 51.1 Å². The Balaban J connectivity index is 1.28. The van der Waals surface area contributed by atoms with Gasteiger partial charge in [0.25, 0.3) is 11.8 Å². The van der Waals surface area contributed by atoms with Crippen molar-refractivity contribution in [2.24, 2.45) is 17.1 Å². The number of carbonyl (C=O) groups is 5. The Kier molecular flexibility index (Phi) is 12.7. The molecular weight excluding hydrogens is 700 g/mol. The number of nitrogens with one attached hydrogen (secondary N) is 2. The molecule has 0 bridgehead atoms. The van der Waals surface area contributed by atoms with Gasteiger partial charge in [0.05, 0.1) is 17.8 Å². The molecule has 5 amide bonds. The monoisotopic (exact) mass is 747 g/mol. The molecule has 5 rings (SSSR count). The van der Waals surface area contributed by atoms with Crippen molar-refractivity contribution < 1.29 is 37.9 Å². The number of halogens is 2. The summed E-state index contributed by atoms with van der Waals surface area (Å²) in [4.78, 5) is 65.5. The van der Waals surface area contributed by atoms with Gasteiger partial charge in [-0.25, -0.2) is 13.5 Å². The highest BCUT2D eigenvalue weighted by molar-refractivity contribution is 6.12. The van der Waals surface area contributed by atoms with E-state index in [9.17, 15) is 37.9 Å². The van der Waals surface area contributed by atoms with Crippen LogP contribution in [0.4, 0.5) is 8.78 Å². The lowest BCUT2D eigenvalue weighted by Gasteiger charge is -2.40. The summed E-state index contributed by atoms with van der Waals surface area (Å²) < 4.78 is 30.5. The molecule has 2 aliphatic rings. The number of aromatic nitrogens is 2. The van der Waals surface area contributed by atoms with Crippen LogP contribution in [0, 0.1) is 23.0 Å². The van der Waals surface area contributed by atoms with Gasteiger partial charge in [0.15, 0.2) is 0 Å². The van der Waals surface area contributed by atoms with Gasteiger partial charge in [0, 0.05) is 68.0 Å². The largest absolute Gasteiger partial charge is 0.387 e. The zero-order valence-electron chi connectivity index (χ0n) is 30.6. The summed E-state index contributed by atoms with van der Waals surface area (Å²) in [6, 6.07) is 10.4. The molecule has 3 aromatic rings. The number of benzene rings is 2. The molecule has 5 N–H and O–H groups in total. The van der Waals surface area contributed by atoms with Crippen LogP contribution >= 0.6 is 0 Å². The predicted molar refractivity (Wildman–Crippen MR) is 194 cm³/mol. The molecule has 0 saturated heterocycles. The van der Waals surface area contributed by atoms with Crippen LogP contribution in [-0.4, -0.2) is 92.5 Å². The molecule has 1 aromatic heterocycles. The fourth-order valence-electron chi connectivity index (χ4n) is 7.06. The van der Waals surface area contributed by atoms with E-state index in [0.717, 1.165) is 28.7 Å². The van der Waals surface area contributed by atoms with Crippen molar-refractivity contribution in [1.29, 1.82) is 0 Å². The lowest BCUT2D eigenvalue weighted by Crippen LogP contribution is -2.49. The topological polar surface area (TPSA) is 180 Å². The second-order valence-electron chi connectivity index (χ2n) is 14.8. The van der Waals surface area contributed by atoms with E-state index in [-0.39, 0.29) is 49.6 Å². The van der Waals surface area contributed by atoms with Gasteiger partial charge in [0.1, 0.15) is 23.9 Å². The highest BCUT2D eigenvalue weighted by Gasteiger charge is 2.39. The van der Waals surface area contributed by atoms with Crippen LogP contribution in [0.5, 0.6) is 0 Å². The summed E-state index contributed by atoms with van der Waals surface area (Å²) in [6.45, 7) is 5.00. The first-order valence-corrected chi connectivity index (χ1v) is 18.0. The number of nitrogens with zero attached hydrogens (tertiary/aromatic N) is 4. The van der Waals surface area contributed by atoms with Crippen LogP contribution in [0.15, 0.2) is 66.9 Å². The molecule has 4 atom stereocenters. The Bertz CT molecular complexity index is 1880. The molecule has 1 aliphatic carbocycles. The number of hydrogen-bond acceptors (Lipinski definition) is 8. The third kappa shape index (κ3) is 9.63. The molecule has 288 valence electrons. The Hall–Kier alpha value is -5.28. The molecule has 1 fully saturated rings. The molecule has 0 unspecified atom stereocenters. The highest BCUT2D eigenvalue weighted by atomic mass is 19.1. The first-order chi connectivity index (χ1) is 25.7. The highest BCUT2D eigenvalue weighted by Crippen LogP contribution is 2.40. The first kappa shape index (κ1) is 39.9. The van der Waals surface area contributed by atoms with E-state index in [1.54, 1.807) is 6.20 Å². The van der Waals surface area contributed by atoms with Crippen LogP contribution in [0.25, 0.3) is 5.69 Å². The summed E-state index contributed by atoms with van der Waals surface area (Å²) >= 11 is 0. The van der Waals surface area contributed by atoms with Gasteiger partial charge in [-0.15, -0.1) is 0 Å². The second-order valence-corrected chi connectivity index (χ2v) is 14.8. The zero-order chi connectivity index (χ0) is 39.2. The van der Waals surface area contributed by atoms with Crippen molar-refractivity contribution in [3.63, 3.8) is 0 Å². The standard InChI is InChI=1S/C39H47F2N7O6/c1-39(2,3)36(35-26(19-24-7-5-4-6-8-24)22-48(45-35)31-21-27(40)10-12-29(31)41)47(34(52)23-49)17-15-30(42)38(54)44-28-11-9-25(20-28)37(53)43-16-18-46-32(50)13-14-33(46)51/h4-8,10,12-14,21-22,25,28,30,36,49H,9,11,15-20,23,42H2,1-3H3,(H,43,53)(H,44,54)/t25-,28+,30-,36-/m0/s1. The fraction of sp³-hybridized carbons (Fsp3) is 0.436. The van der Waals surface area contributed by atoms with Gasteiger partial charge >= 0.3 is 0 Å². The minimum absolute atomic E-state index is 0.0246. The number of carbonyl (C=O) groups excluding carboxylic acids is 5. The molecule has 15 heteroatoms. The van der Waals surface area contributed by atoms with Crippen molar-refractivity contribution >= 4 is 29.5 Å². The van der Waals surface area contributed by atoms with E-state index in [4.69, 9.17) is 10.8 Å². The van der Waals surface area contributed by atoms with Crippen molar-refractivity contribution in [1.82, 2.24) is 30.2 Å². The maximum atomic E-state index is 15.0. The van der Waals surface area contributed by atoms with Gasteiger partial charge in [-0.05, 0) is 48.8 Å². The number of amides is 5. The Morgan fingerprint density at radius 1 is 1.06 bits per heavy atom. The second kappa shape index (κ2) is 17.2. The van der Waals surface area contributed by atoms with E-state index >= 15 is 0 Å².